The van der Waals surface area contributed by atoms with Gasteiger partial charge in [0, 0.05) is 29.1 Å². The van der Waals surface area contributed by atoms with E-state index in [4.69, 9.17) is 27.9 Å². The summed E-state index contributed by atoms with van der Waals surface area (Å²) >= 11 is 12.7. The molecule has 1 aliphatic carbocycles. The van der Waals surface area contributed by atoms with Crippen molar-refractivity contribution in [3.05, 3.63) is 99.0 Å². The van der Waals surface area contributed by atoms with Crippen molar-refractivity contribution in [3.63, 3.8) is 0 Å². The molecule has 0 heterocycles. The zero-order valence-corrected chi connectivity index (χ0v) is 24.1. The molecular formula is C32H36Cl2N2O3. The summed E-state index contributed by atoms with van der Waals surface area (Å²) in [6.07, 6.45) is 5.67. The van der Waals surface area contributed by atoms with E-state index in [2.05, 4.69) is 5.32 Å². The van der Waals surface area contributed by atoms with Gasteiger partial charge in [-0.15, -0.1) is 0 Å². The zero-order chi connectivity index (χ0) is 27.8. The van der Waals surface area contributed by atoms with E-state index in [1.54, 1.807) is 23.1 Å². The van der Waals surface area contributed by atoms with Crippen LogP contribution in [0.3, 0.4) is 0 Å². The summed E-state index contributed by atoms with van der Waals surface area (Å²) in [5, 5.41) is 4.20. The Labute approximate surface area is 241 Å². The standard InChI is InChI=1S/C32H36Cl2N2O3/c1-22-10-9-15-30(23(22)2)39-21-31(37)36(20-25-16-17-26(33)19-28(25)34)29(18-24-11-5-3-6-12-24)32(38)35-27-13-7-4-8-14-27/h3,5-6,9-12,15-17,19,27,29H,4,7-8,13-14,18,20-21H2,1-2H3,(H,35,38). The monoisotopic (exact) mass is 566 g/mol. The summed E-state index contributed by atoms with van der Waals surface area (Å²) in [4.78, 5) is 29.3. The second-order valence-corrected chi connectivity index (χ2v) is 11.1. The second-order valence-electron chi connectivity index (χ2n) is 10.3. The smallest absolute Gasteiger partial charge is 0.261 e. The highest BCUT2D eigenvalue weighted by atomic mass is 35.5. The predicted molar refractivity (Wildman–Crippen MR) is 157 cm³/mol. The quantitative estimate of drug-likeness (QED) is 0.285. The van der Waals surface area contributed by atoms with E-state index in [1.807, 2.05) is 62.4 Å². The van der Waals surface area contributed by atoms with Crippen LogP contribution in [-0.2, 0) is 22.6 Å². The molecule has 3 aromatic carbocycles. The molecule has 1 N–H and O–H groups in total. The molecule has 1 atom stereocenters. The Kier molecular flexibility index (Phi) is 10.3. The third-order valence-corrected chi connectivity index (χ3v) is 8.07. The van der Waals surface area contributed by atoms with Crippen molar-refractivity contribution in [1.82, 2.24) is 10.2 Å². The molecule has 3 aromatic rings. The van der Waals surface area contributed by atoms with Crippen molar-refractivity contribution >= 4 is 35.0 Å². The van der Waals surface area contributed by atoms with Gasteiger partial charge in [-0.1, -0.05) is 91.0 Å². The lowest BCUT2D eigenvalue weighted by Crippen LogP contribution is -2.53. The van der Waals surface area contributed by atoms with Crippen LogP contribution in [0.15, 0.2) is 66.7 Å². The normalized spacial score (nSPS) is 14.5. The van der Waals surface area contributed by atoms with Crippen LogP contribution in [-0.4, -0.2) is 35.4 Å². The fourth-order valence-electron chi connectivity index (χ4n) is 5.03. The second kappa shape index (κ2) is 13.9. The number of ether oxygens (including phenoxy) is 1. The van der Waals surface area contributed by atoms with Gasteiger partial charge in [-0.3, -0.25) is 9.59 Å². The number of carbonyl (C=O) groups excluding carboxylic acids is 2. The van der Waals surface area contributed by atoms with Crippen molar-refractivity contribution in [2.45, 2.75) is 71.0 Å². The first kappa shape index (κ1) is 29.0. The van der Waals surface area contributed by atoms with Gasteiger partial charge in [-0.2, -0.15) is 0 Å². The largest absolute Gasteiger partial charge is 0.483 e. The summed E-state index contributed by atoms with van der Waals surface area (Å²) in [6, 6.07) is 20.1. The highest BCUT2D eigenvalue weighted by molar-refractivity contribution is 6.35. The Hall–Kier alpha value is -3.02. The van der Waals surface area contributed by atoms with E-state index in [0.29, 0.717) is 27.8 Å². The van der Waals surface area contributed by atoms with E-state index in [0.717, 1.165) is 42.4 Å². The molecule has 5 nitrogen and oxygen atoms in total. The van der Waals surface area contributed by atoms with E-state index in [-0.39, 0.29) is 31.0 Å². The lowest BCUT2D eigenvalue weighted by atomic mass is 9.94. The molecule has 0 spiro atoms. The average molecular weight is 568 g/mol. The van der Waals surface area contributed by atoms with Crippen LogP contribution in [0, 0.1) is 13.8 Å². The van der Waals surface area contributed by atoms with Crippen LogP contribution >= 0.6 is 23.2 Å². The Bertz CT molecular complexity index is 1280. The van der Waals surface area contributed by atoms with Gasteiger partial charge in [0.1, 0.15) is 11.8 Å². The van der Waals surface area contributed by atoms with Crippen LogP contribution in [0.2, 0.25) is 10.0 Å². The lowest BCUT2D eigenvalue weighted by Gasteiger charge is -2.33. The van der Waals surface area contributed by atoms with E-state index < -0.39 is 6.04 Å². The molecule has 4 rings (SSSR count). The Balaban J connectivity index is 1.65. The van der Waals surface area contributed by atoms with Gasteiger partial charge in [0.15, 0.2) is 6.61 Å². The highest BCUT2D eigenvalue weighted by Crippen LogP contribution is 2.26. The van der Waals surface area contributed by atoms with Crippen molar-refractivity contribution in [2.24, 2.45) is 0 Å². The van der Waals surface area contributed by atoms with Gasteiger partial charge in [0.25, 0.3) is 5.91 Å². The number of hydrogen-bond acceptors (Lipinski definition) is 3. The number of amides is 2. The molecule has 0 radical (unpaired) electrons. The molecular weight excluding hydrogens is 531 g/mol. The van der Waals surface area contributed by atoms with E-state index in [1.165, 1.54) is 6.42 Å². The fourth-order valence-corrected chi connectivity index (χ4v) is 5.50. The van der Waals surface area contributed by atoms with Gasteiger partial charge >= 0.3 is 0 Å². The SMILES string of the molecule is Cc1cccc(OCC(=O)N(Cc2ccc(Cl)cc2Cl)C(Cc2ccccc2)C(=O)NC2CCCCC2)c1C. The van der Waals surface area contributed by atoms with Crippen LogP contribution < -0.4 is 10.1 Å². The Morgan fingerprint density at radius 3 is 2.44 bits per heavy atom. The molecule has 1 aliphatic rings. The first-order valence-corrected chi connectivity index (χ1v) is 14.3. The maximum absolute atomic E-state index is 13.9. The first-order chi connectivity index (χ1) is 18.8. The molecule has 39 heavy (non-hydrogen) atoms. The molecule has 1 unspecified atom stereocenters. The number of nitrogens with one attached hydrogen (secondary N) is 1. The maximum Gasteiger partial charge on any atom is 0.261 e. The van der Waals surface area contributed by atoms with Gasteiger partial charge < -0.3 is 15.0 Å². The Morgan fingerprint density at radius 2 is 1.72 bits per heavy atom. The summed E-state index contributed by atoms with van der Waals surface area (Å²) in [7, 11) is 0. The number of aryl methyl sites for hydroxylation is 1. The molecule has 0 aliphatic heterocycles. The van der Waals surface area contributed by atoms with Crippen LogP contribution in [0.1, 0.15) is 54.4 Å². The molecule has 0 aromatic heterocycles. The third-order valence-electron chi connectivity index (χ3n) is 7.48. The number of hydrogen-bond donors (Lipinski definition) is 1. The van der Waals surface area contributed by atoms with Gasteiger partial charge in [0.2, 0.25) is 5.91 Å². The number of benzene rings is 3. The lowest BCUT2D eigenvalue weighted by molar-refractivity contribution is -0.143. The molecule has 0 bridgehead atoms. The third kappa shape index (κ3) is 8.00. The molecule has 1 saturated carbocycles. The minimum absolute atomic E-state index is 0.117. The number of rotatable bonds is 10. The van der Waals surface area contributed by atoms with Gasteiger partial charge in [0.05, 0.1) is 0 Å². The van der Waals surface area contributed by atoms with Crippen LogP contribution in [0.25, 0.3) is 0 Å². The van der Waals surface area contributed by atoms with E-state index >= 15 is 0 Å². The molecule has 7 heteroatoms. The summed E-state index contributed by atoms with van der Waals surface area (Å²) in [5.41, 5.74) is 3.74. The van der Waals surface area contributed by atoms with E-state index in [9.17, 15) is 9.59 Å². The fraction of sp³-hybridized carbons (Fsp3) is 0.375. The Morgan fingerprint density at radius 1 is 0.974 bits per heavy atom. The van der Waals surface area contributed by atoms with Gasteiger partial charge in [-0.25, -0.2) is 0 Å². The highest BCUT2D eigenvalue weighted by Gasteiger charge is 2.32. The summed E-state index contributed by atoms with van der Waals surface area (Å²) in [6.45, 7) is 3.93. The maximum atomic E-state index is 13.9. The van der Waals surface area contributed by atoms with Crippen LogP contribution in [0.4, 0.5) is 0 Å². The summed E-state index contributed by atoms with van der Waals surface area (Å²) in [5.74, 6) is 0.205. The first-order valence-electron chi connectivity index (χ1n) is 13.6. The van der Waals surface area contributed by atoms with Crippen molar-refractivity contribution < 1.29 is 14.3 Å². The number of carbonyl (C=O) groups is 2. The topological polar surface area (TPSA) is 58.6 Å². The number of halogens is 2. The molecule has 206 valence electrons. The minimum atomic E-state index is -0.740. The summed E-state index contributed by atoms with van der Waals surface area (Å²) < 4.78 is 6.00. The average Bonchev–Trinajstić information content (AvgIpc) is 2.93. The molecule has 1 fully saturated rings. The van der Waals surface area contributed by atoms with Crippen molar-refractivity contribution in [2.75, 3.05) is 6.61 Å². The molecule has 0 saturated heterocycles. The zero-order valence-electron chi connectivity index (χ0n) is 22.6. The molecule has 2 amide bonds. The van der Waals surface area contributed by atoms with Gasteiger partial charge in [-0.05, 0) is 67.1 Å². The van der Waals surface area contributed by atoms with Crippen molar-refractivity contribution in [1.29, 1.82) is 0 Å². The number of nitrogens with zero attached hydrogens (tertiary/aromatic N) is 1. The predicted octanol–water partition coefficient (Wildman–Crippen LogP) is 7.08. The van der Waals surface area contributed by atoms with Crippen LogP contribution in [0.5, 0.6) is 5.75 Å². The van der Waals surface area contributed by atoms with Crippen molar-refractivity contribution in [3.8, 4) is 5.75 Å². The minimum Gasteiger partial charge on any atom is -0.483 e.